The number of aromatic nitrogens is 2. The first-order valence-electron chi connectivity index (χ1n) is 10.4. The molecule has 2 heterocycles. The summed E-state index contributed by atoms with van der Waals surface area (Å²) in [6, 6.07) is 10.6. The Morgan fingerprint density at radius 2 is 1.56 bits per heavy atom. The zero-order chi connectivity index (χ0) is 27.5. The minimum atomic E-state index is -5.08. The molecule has 15 heteroatoms. The van der Waals surface area contributed by atoms with Gasteiger partial charge in [-0.15, -0.1) is 0 Å². The van der Waals surface area contributed by atoms with Crippen LogP contribution in [-0.2, 0) is 16.1 Å². The van der Waals surface area contributed by atoms with Crippen molar-refractivity contribution in [3.05, 3.63) is 42.2 Å². The van der Waals surface area contributed by atoms with Crippen molar-refractivity contribution in [3.63, 3.8) is 0 Å². The Morgan fingerprint density at radius 3 is 2.03 bits per heavy atom. The highest BCUT2D eigenvalue weighted by Crippen LogP contribution is 2.18. The van der Waals surface area contributed by atoms with E-state index in [4.69, 9.17) is 19.8 Å². The number of piperazine rings is 1. The lowest BCUT2D eigenvalue weighted by molar-refractivity contribution is -0.193. The molecule has 2 aromatic rings. The number of hydrogen-bond acceptors (Lipinski definition) is 6. The molecular weight excluding hydrogens is 502 g/mol. The largest absolute Gasteiger partial charge is 0.490 e. The van der Waals surface area contributed by atoms with Crippen molar-refractivity contribution in [2.75, 3.05) is 33.3 Å². The van der Waals surface area contributed by atoms with Crippen molar-refractivity contribution in [2.45, 2.75) is 31.4 Å². The van der Waals surface area contributed by atoms with E-state index in [1.54, 1.807) is 0 Å². The zero-order valence-electron chi connectivity index (χ0n) is 19.1. The van der Waals surface area contributed by atoms with E-state index < -0.39 is 24.3 Å². The number of aliphatic carboxylic acids is 2. The number of nitrogens with one attached hydrogen (secondary N) is 1. The number of imidazole rings is 1. The number of carbonyl (C=O) groups is 2. The first-order valence-corrected chi connectivity index (χ1v) is 10.4. The van der Waals surface area contributed by atoms with Crippen LogP contribution in [0.1, 0.15) is 12.1 Å². The van der Waals surface area contributed by atoms with E-state index in [-0.39, 0.29) is 6.61 Å². The van der Waals surface area contributed by atoms with Gasteiger partial charge in [-0.2, -0.15) is 26.3 Å². The van der Waals surface area contributed by atoms with Gasteiger partial charge in [0.2, 0.25) is 0 Å². The number of carboxylic acid groups (broad SMARTS) is 2. The molecule has 4 N–H and O–H groups in total. The average molecular weight is 528 g/mol. The molecule has 1 fully saturated rings. The first-order chi connectivity index (χ1) is 16.6. The van der Waals surface area contributed by atoms with E-state index in [9.17, 15) is 31.4 Å². The van der Waals surface area contributed by atoms with Crippen LogP contribution in [0.15, 0.2) is 36.5 Å². The Balaban J connectivity index is 0.000000383. The Bertz CT molecular complexity index is 928. The number of hydrogen-bond donors (Lipinski definition) is 4. The van der Waals surface area contributed by atoms with E-state index in [2.05, 4.69) is 38.9 Å². The Hall–Kier alpha value is -3.17. The van der Waals surface area contributed by atoms with Gasteiger partial charge in [0, 0.05) is 56.3 Å². The van der Waals surface area contributed by atoms with Crippen LogP contribution in [0.5, 0.6) is 0 Å². The lowest BCUT2D eigenvalue weighted by Crippen LogP contribution is -2.51. The maximum atomic E-state index is 10.6. The topological polar surface area (TPSA) is 130 Å². The van der Waals surface area contributed by atoms with Crippen LogP contribution in [0.25, 0.3) is 11.4 Å². The fraction of sp³-hybridized carbons (Fsp3) is 0.476. The molecule has 0 bridgehead atoms. The zero-order valence-corrected chi connectivity index (χ0v) is 19.1. The van der Waals surface area contributed by atoms with Gasteiger partial charge in [0.15, 0.2) is 0 Å². The molecule has 1 aromatic heterocycles. The van der Waals surface area contributed by atoms with Crippen molar-refractivity contribution in [1.29, 1.82) is 0 Å². The van der Waals surface area contributed by atoms with Gasteiger partial charge >= 0.3 is 24.3 Å². The average Bonchev–Trinajstić information content (AvgIpc) is 3.25. The molecule has 1 aliphatic rings. The predicted molar refractivity (Wildman–Crippen MR) is 115 cm³/mol. The fourth-order valence-corrected chi connectivity index (χ4v) is 3.04. The second-order valence-corrected chi connectivity index (χ2v) is 7.61. The van der Waals surface area contributed by atoms with Crippen molar-refractivity contribution >= 4 is 11.9 Å². The highest BCUT2D eigenvalue weighted by molar-refractivity contribution is 5.73. The lowest BCUT2D eigenvalue weighted by Gasteiger charge is -2.39. The number of halogens is 6. The van der Waals surface area contributed by atoms with Crippen LogP contribution in [0, 0.1) is 0 Å². The van der Waals surface area contributed by atoms with Gasteiger partial charge < -0.3 is 25.2 Å². The molecule has 0 saturated carbocycles. The number of nitrogens with zero attached hydrogens (tertiary/aromatic N) is 3. The molecule has 202 valence electrons. The van der Waals surface area contributed by atoms with Gasteiger partial charge in [-0.3, -0.25) is 4.90 Å². The van der Waals surface area contributed by atoms with E-state index in [1.807, 2.05) is 24.4 Å². The van der Waals surface area contributed by atoms with Crippen molar-refractivity contribution < 1.29 is 51.3 Å². The number of alkyl halides is 6. The monoisotopic (exact) mass is 528 g/mol. The summed E-state index contributed by atoms with van der Waals surface area (Å²) in [6.07, 6.45) is -7.40. The van der Waals surface area contributed by atoms with E-state index in [0.29, 0.717) is 6.04 Å². The van der Waals surface area contributed by atoms with Gasteiger partial charge in [-0.25, -0.2) is 14.6 Å². The molecule has 0 aliphatic carbocycles. The van der Waals surface area contributed by atoms with E-state index in [1.165, 1.54) is 0 Å². The molecule has 1 aromatic carbocycles. The molecule has 0 amide bonds. The summed E-state index contributed by atoms with van der Waals surface area (Å²) >= 11 is 0. The van der Waals surface area contributed by atoms with Gasteiger partial charge in [0.25, 0.3) is 0 Å². The Kier molecular flexibility index (Phi) is 11.8. The molecule has 1 saturated heterocycles. The van der Waals surface area contributed by atoms with Gasteiger partial charge in [-0.05, 0) is 13.5 Å². The van der Waals surface area contributed by atoms with Crippen LogP contribution < -0.4 is 0 Å². The molecule has 36 heavy (non-hydrogen) atoms. The van der Waals surface area contributed by atoms with Crippen LogP contribution in [0.4, 0.5) is 26.3 Å². The number of rotatable bonds is 5. The number of H-pyrrole nitrogens is 1. The van der Waals surface area contributed by atoms with Gasteiger partial charge in [-0.1, -0.05) is 30.3 Å². The molecule has 1 aliphatic heterocycles. The summed E-state index contributed by atoms with van der Waals surface area (Å²) in [7, 11) is 2.14. The standard InChI is InChI=1S/C17H24N4O.2C2HF3O2/c1-20-8-9-21(13-16(20)7-10-22)12-15-11-18-17(19-15)14-5-3-2-4-6-14;2*3-2(4,5)1(6)7/h2-6,11,16,22H,7-10,12-13H2,1H3,(H,18,19);2*(H,6,7). The molecule has 1 atom stereocenters. The fourth-order valence-electron chi connectivity index (χ4n) is 3.04. The van der Waals surface area contributed by atoms with Crippen LogP contribution in [0.2, 0.25) is 0 Å². The molecule has 0 radical (unpaired) electrons. The maximum absolute atomic E-state index is 10.6. The van der Waals surface area contributed by atoms with Crippen molar-refractivity contribution in [2.24, 2.45) is 0 Å². The Labute approximate surface area is 202 Å². The van der Waals surface area contributed by atoms with Crippen LogP contribution in [-0.4, -0.2) is 98.7 Å². The first kappa shape index (κ1) is 30.9. The molecular formula is C21H26F6N4O5. The third-order valence-electron chi connectivity index (χ3n) is 4.88. The summed E-state index contributed by atoms with van der Waals surface area (Å²) in [4.78, 5) is 30.5. The molecule has 9 nitrogen and oxygen atoms in total. The maximum Gasteiger partial charge on any atom is 0.490 e. The second kappa shape index (κ2) is 13.8. The number of aliphatic hydroxyl groups is 1. The van der Waals surface area contributed by atoms with Crippen molar-refractivity contribution in [3.8, 4) is 11.4 Å². The summed E-state index contributed by atoms with van der Waals surface area (Å²) in [5, 5.41) is 23.4. The number of aromatic amines is 1. The summed E-state index contributed by atoms with van der Waals surface area (Å²) in [5.41, 5.74) is 2.26. The minimum Gasteiger partial charge on any atom is -0.475 e. The highest BCUT2D eigenvalue weighted by atomic mass is 19.4. The molecule has 1 unspecified atom stereocenters. The van der Waals surface area contributed by atoms with Crippen LogP contribution >= 0.6 is 0 Å². The lowest BCUT2D eigenvalue weighted by atomic mass is 10.1. The third kappa shape index (κ3) is 11.0. The number of likely N-dealkylation sites (N-methyl/N-ethyl adjacent to an activating group) is 1. The smallest absolute Gasteiger partial charge is 0.475 e. The van der Waals surface area contributed by atoms with Crippen molar-refractivity contribution in [1.82, 2.24) is 19.8 Å². The normalized spacial score (nSPS) is 16.8. The quantitative estimate of drug-likeness (QED) is 0.436. The molecule has 3 rings (SSSR count). The van der Waals surface area contributed by atoms with Crippen LogP contribution in [0.3, 0.4) is 0 Å². The van der Waals surface area contributed by atoms with E-state index >= 15 is 0 Å². The van der Waals surface area contributed by atoms with Gasteiger partial charge in [0.1, 0.15) is 5.82 Å². The number of aliphatic hydroxyl groups excluding tert-OH is 1. The number of carboxylic acids is 2. The minimum absolute atomic E-state index is 0.255. The number of benzene rings is 1. The third-order valence-corrected chi connectivity index (χ3v) is 4.88. The SMILES string of the molecule is CN1CCN(Cc2cnc(-c3ccccc3)[nH]2)CC1CCO.O=C(O)C(F)(F)F.O=C(O)C(F)(F)F. The predicted octanol–water partition coefficient (Wildman–Crippen LogP) is 2.84. The van der Waals surface area contributed by atoms with Gasteiger partial charge in [0.05, 0.1) is 0 Å². The van der Waals surface area contributed by atoms with E-state index in [0.717, 1.165) is 49.7 Å². The Morgan fingerprint density at radius 1 is 1.03 bits per heavy atom. The highest BCUT2D eigenvalue weighted by Gasteiger charge is 2.38. The second-order valence-electron chi connectivity index (χ2n) is 7.61. The summed E-state index contributed by atoms with van der Waals surface area (Å²) in [5.74, 6) is -4.59. The summed E-state index contributed by atoms with van der Waals surface area (Å²) < 4.78 is 63.5. The summed E-state index contributed by atoms with van der Waals surface area (Å²) in [6.45, 7) is 4.24. The molecule has 0 spiro atoms.